The van der Waals surface area contributed by atoms with E-state index in [4.69, 9.17) is 16.3 Å². The van der Waals surface area contributed by atoms with Crippen molar-refractivity contribution in [2.75, 3.05) is 0 Å². The Hall–Kier alpha value is -1.51. The van der Waals surface area contributed by atoms with Gasteiger partial charge in [-0.15, -0.1) is 0 Å². The van der Waals surface area contributed by atoms with Gasteiger partial charge in [0.15, 0.2) is 0 Å². The van der Waals surface area contributed by atoms with Gasteiger partial charge in [-0.1, -0.05) is 35.9 Å². The molecular weight excluding hydrogens is 378 g/mol. The number of benzene rings is 2. The molecule has 0 amide bonds. The molecule has 4 saturated carbocycles. The lowest BCUT2D eigenvalue weighted by Crippen LogP contribution is -2.91. The largest absolute Gasteiger partial charge is 0.489 e. The van der Waals surface area contributed by atoms with Crippen molar-refractivity contribution in [3.63, 3.8) is 0 Å². The van der Waals surface area contributed by atoms with Crippen LogP contribution in [0.4, 0.5) is 0 Å². The molecule has 154 valence electrons. The number of nitrogens with two attached hydrogens (primary N) is 1. The number of hydrogen-bond donors (Lipinski definition) is 1. The maximum absolute atomic E-state index is 6.02. The van der Waals surface area contributed by atoms with Gasteiger partial charge < -0.3 is 10.1 Å². The van der Waals surface area contributed by atoms with Gasteiger partial charge >= 0.3 is 0 Å². The molecule has 2 nitrogen and oxygen atoms in total. The zero-order valence-corrected chi connectivity index (χ0v) is 18.2. The predicted octanol–water partition coefficient (Wildman–Crippen LogP) is 5.59. The molecule has 0 saturated heterocycles. The molecule has 4 aliphatic rings. The fraction of sp³-hybridized carbons (Fsp3) is 0.538. The number of halogens is 1. The van der Waals surface area contributed by atoms with Gasteiger partial charge in [-0.3, -0.25) is 0 Å². The highest BCUT2D eigenvalue weighted by Gasteiger charge is 2.54. The minimum Gasteiger partial charge on any atom is -0.489 e. The molecule has 2 aromatic rings. The van der Waals surface area contributed by atoms with Gasteiger partial charge in [0.1, 0.15) is 18.9 Å². The summed E-state index contributed by atoms with van der Waals surface area (Å²) in [6, 6.07) is 17.2. The van der Waals surface area contributed by atoms with E-state index >= 15 is 0 Å². The highest BCUT2D eigenvalue weighted by atomic mass is 35.5. The Balaban J connectivity index is 1.18. The molecule has 0 radical (unpaired) electrons. The molecule has 0 aliphatic heterocycles. The van der Waals surface area contributed by atoms with Crippen molar-refractivity contribution in [1.82, 2.24) is 0 Å². The van der Waals surface area contributed by atoms with Crippen molar-refractivity contribution in [1.29, 1.82) is 0 Å². The molecule has 4 aliphatic carbocycles. The molecule has 0 spiro atoms. The van der Waals surface area contributed by atoms with Gasteiger partial charge in [-0.25, -0.2) is 0 Å². The lowest BCUT2D eigenvalue weighted by atomic mass is 9.48. The maximum atomic E-state index is 6.02. The average Bonchev–Trinajstić information content (AvgIpc) is 2.71. The summed E-state index contributed by atoms with van der Waals surface area (Å²) in [5, 5.41) is 3.37. The lowest BCUT2D eigenvalue weighted by molar-refractivity contribution is -0.717. The smallest absolute Gasteiger partial charge is 0.120 e. The first-order chi connectivity index (χ1) is 14.1. The summed E-state index contributed by atoms with van der Waals surface area (Å²) in [6.45, 7) is 4.11. The summed E-state index contributed by atoms with van der Waals surface area (Å²) in [7, 11) is 0. The Labute approximate surface area is 180 Å². The summed E-state index contributed by atoms with van der Waals surface area (Å²) in [5.74, 6) is 4.04. The van der Waals surface area contributed by atoms with E-state index in [1.807, 2.05) is 24.3 Å². The third kappa shape index (κ3) is 4.20. The Morgan fingerprint density at radius 1 is 0.966 bits per heavy atom. The van der Waals surface area contributed by atoms with Gasteiger partial charge in [0.25, 0.3) is 0 Å². The molecule has 6 rings (SSSR count). The number of quaternary nitrogens is 1. The fourth-order valence-electron chi connectivity index (χ4n) is 6.81. The Morgan fingerprint density at radius 3 is 2.28 bits per heavy atom. The van der Waals surface area contributed by atoms with Crippen LogP contribution >= 0.6 is 11.6 Å². The second-order valence-electron chi connectivity index (χ2n) is 10.1. The van der Waals surface area contributed by atoms with Crippen LogP contribution < -0.4 is 10.1 Å². The maximum Gasteiger partial charge on any atom is 0.120 e. The van der Waals surface area contributed by atoms with Gasteiger partial charge in [-0.2, -0.15) is 0 Å². The second kappa shape index (κ2) is 7.96. The molecule has 1 atom stereocenters. The van der Waals surface area contributed by atoms with Gasteiger partial charge in [0, 0.05) is 16.0 Å². The van der Waals surface area contributed by atoms with E-state index in [0.717, 1.165) is 46.7 Å². The van der Waals surface area contributed by atoms with Crippen LogP contribution in [0.25, 0.3) is 0 Å². The van der Waals surface area contributed by atoms with E-state index in [2.05, 4.69) is 36.5 Å². The standard InChI is InChI=1S/C26H32ClNO/c1-18(26-13-21-9-22(14-26)11-23(10-21)15-26)28-16-20-3-2-4-25(12-20)29-17-19-5-7-24(27)8-6-19/h2-8,12,18,21-23,28H,9-11,13-17H2,1H3/p+1/t18-,21?,22?,23?,26?/m1/s1. The van der Waals surface area contributed by atoms with Crippen molar-refractivity contribution < 1.29 is 10.1 Å². The average molecular weight is 411 g/mol. The Kier molecular flexibility index (Phi) is 5.34. The van der Waals surface area contributed by atoms with Crippen molar-refractivity contribution in [2.24, 2.45) is 23.2 Å². The van der Waals surface area contributed by atoms with Gasteiger partial charge in [0.05, 0.1) is 6.04 Å². The number of hydrogen-bond acceptors (Lipinski definition) is 1. The van der Waals surface area contributed by atoms with E-state index in [-0.39, 0.29) is 0 Å². The summed E-state index contributed by atoms with van der Waals surface area (Å²) in [5.41, 5.74) is 3.11. The first-order valence-corrected chi connectivity index (χ1v) is 11.8. The molecule has 2 aromatic carbocycles. The third-order valence-electron chi connectivity index (χ3n) is 7.98. The molecular formula is C26H33ClNO+. The summed E-state index contributed by atoms with van der Waals surface area (Å²) in [6.07, 6.45) is 9.04. The summed E-state index contributed by atoms with van der Waals surface area (Å²) in [4.78, 5) is 0. The van der Waals surface area contributed by atoms with Crippen LogP contribution in [0, 0.1) is 23.2 Å². The summed E-state index contributed by atoms with van der Waals surface area (Å²) < 4.78 is 6.02. The van der Waals surface area contributed by atoms with Crippen molar-refractivity contribution in [3.05, 3.63) is 64.7 Å². The zero-order chi connectivity index (χ0) is 19.8. The quantitative estimate of drug-likeness (QED) is 0.632. The SMILES string of the molecule is C[C@@H]([NH2+]Cc1cccc(OCc2ccc(Cl)cc2)c1)C12CC3CC(CC(C3)C1)C2. The van der Waals surface area contributed by atoms with Crippen LogP contribution in [-0.4, -0.2) is 6.04 Å². The van der Waals surface area contributed by atoms with E-state index in [1.54, 1.807) is 0 Å². The molecule has 0 heterocycles. The van der Waals surface area contributed by atoms with Crippen LogP contribution in [0.15, 0.2) is 48.5 Å². The topological polar surface area (TPSA) is 25.8 Å². The molecule has 4 fully saturated rings. The number of ether oxygens (including phenoxy) is 1. The van der Waals surface area contributed by atoms with E-state index in [9.17, 15) is 0 Å². The van der Waals surface area contributed by atoms with Crippen molar-refractivity contribution in [2.45, 2.75) is 64.6 Å². The molecule has 3 heteroatoms. The highest BCUT2D eigenvalue weighted by molar-refractivity contribution is 6.30. The van der Waals surface area contributed by atoms with Crippen molar-refractivity contribution >= 4 is 11.6 Å². The number of rotatable bonds is 7. The Bertz CT molecular complexity index is 811. The lowest BCUT2D eigenvalue weighted by Gasteiger charge is -2.57. The normalized spacial score (nSPS) is 31.0. The van der Waals surface area contributed by atoms with Crippen LogP contribution in [0.1, 0.15) is 56.6 Å². The van der Waals surface area contributed by atoms with Crippen LogP contribution in [0.2, 0.25) is 5.02 Å². The minimum absolute atomic E-state index is 0.577. The van der Waals surface area contributed by atoms with E-state index in [0.29, 0.717) is 12.0 Å². The van der Waals surface area contributed by atoms with E-state index < -0.39 is 0 Å². The van der Waals surface area contributed by atoms with Gasteiger partial charge in [-0.05, 0) is 93.0 Å². The van der Waals surface area contributed by atoms with Crippen LogP contribution in [0.3, 0.4) is 0 Å². The molecule has 4 bridgehead atoms. The first-order valence-electron chi connectivity index (χ1n) is 11.4. The van der Waals surface area contributed by atoms with Crippen LogP contribution in [0.5, 0.6) is 5.75 Å². The minimum atomic E-state index is 0.577. The van der Waals surface area contributed by atoms with E-state index in [1.165, 1.54) is 44.1 Å². The van der Waals surface area contributed by atoms with Crippen LogP contribution in [-0.2, 0) is 13.2 Å². The highest BCUT2D eigenvalue weighted by Crippen LogP contribution is 2.60. The zero-order valence-electron chi connectivity index (χ0n) is 17.4. The Morgan fingerprint density at radius 2 is 1.62 bits per heavy atom. The fourth-order valence-corrected chi connectivity index (χ4v) is 6.93. The third-order valence-corrected chi connectivity index (χ3v) is 8.23. The molecule has 29 heavy (non-hydrogen) atoms. The molecule has 0 aromatic heterocycles. The molecule has 2 N–H and O–H groups in total. The summed E-state index contributed by atoms with van der Waals surface area (Å²) >= 11 is 5.96. The predicted molar refractivity (Wildman–Crippen MR) is 118 cm³/mol. The first kappa shape index (κ1) is 19.5. The monoisotopic (exact) mass is 410 g/mol. The van der Waals surface area contributed by atoms with Gasteiger partial charge in [0.2, 0.25) is 0 Å². The van der Waals surface area contributed by atoms with Crippen molar-refractivity contribution in [3.8, 4) is 5.75 Å². The second-order valence-corrected chi connectivity index (χ2v) is 10.5. The molecule has 0 unspecified atom stereocenters.